The highest BCUT2D eigenvalue weighted by atomic mass is 32.1. The summed E-state index contributed by atoms with van der Waals surface area (Å²) in [5.74, 6) is -0.433. The normalized spacial score (nSPS) is 18.5. The average Bonchev–Trinajstić information content (AvgIpc) is 2.62. The van der Waals surface area contributed by atoms with Gasteiger partial charge in [-0.1, -0.05) is 13.8 Å². The van der Waals surface area contributed by atoms with Gasteiger partial charge in [-0.3, -0.25) is 4.79 Å². The number of carbonyl (C=O) groups excluding carboxylic acids is 1. The smallest absolute Gasteiger partial charge is 0.253 e. The van der Waals surface area contributed by atoms with E-state index in [1.54, 1.807) is 0 Å². The lowest BCUT2D eigenvalue weighted by atomic mass is 9.93. The van der Waals surface area contributed by atoms with Gasteiger partial charge in [0.15, 0.2) is 0 Å². The highest BCUT2D eigenvalue weighted by Crippen LogP contribution is 2.30. The van der Waals surface area contributed by atoms with Crippen LogP contribution >= 0.6 is 12.6 Å². The van der Waals surface area contributed by atoms with E-state index in [1.165, 1.54) is 18.2 Å². The van der Waals surface area contributed by atoms with E-state index >= 15 is 0 Å². The molecular formula is C13H16FNOS. The second kappa shape index (κ2) is 4.33. The first-order valence-electron chi connectivity index (χ1n) is 5.67. The fourth-order valence-electron chi connectivity index (χ4n) is 2.11. The molecule has 17 heavy (non-hydrogen) atoms. The Morgan fingerprint density at radius 3 is 2.71 bits per heavy atom. The zero-order chi connectivity index (χ0) is 12.6. The van der Waals surface area contributed by atoms with E-state index < -0.39 is 5.82 Å². The van der Waals surface area contributed by atoms with Crippen LogP contribution in [0.4, 0.5) is 4.39 Å². The van der Waals surface area contributed by atoms with Crippen LogP contribution in [0.15, 0.2) is 23.1 Å². The fraction of sp³-hybridized carbons (Fsp3) is 0.462. The summed E-state index contributed by atoms with van der Waals surface area (Å²) in [6, 6.07) is 4.30. The maximum atomic E-state index is 13.1. The SMILES string of the molecule is CC1(C)CCN(C(=O)c2ccc(F)c(S)c2)C1. The Kier molecular flexibility index (Phi) is 3.17. The lowest BCUT2D eigenvalue weighted by Crippen LogP contribution is -2.30. The molecule has 1 amide bonds. The molecule has 1 aromatic rings. The zero-order valence-corrected chi connectivity index (χ0v) is 10.9. The predicted octanol–water partition coefficient (Wildman–Crippen LogP) is 2.99. The number of rotatable bonds is 1. The maximum Gasteiger partial charge on any atom is 0.253 e. The Morgan fingerprint density at radius 1 is 1.47 bits per heavy atom. The van der Waals surface area contributed by atoms with E-state index in [-0.39, 0.29) is 16.2 Å². The molecule has 1 heterocycles. The van der Waals surface area contributed by atoms with Crippen LogP contribution in [0.2, 0.25) is 0 Å². The Morgan fingerprint density at radius 2 is 2.18 bits per heavy atom. The van der Waals surface area contributed by atoms with Crippen LogP contribution in [-0.2, 0) is 0 Å². The topological polar surface area (TPSA) is 20.3 Å². The van der Waals surface area contributed by atoms with Gasteiger partial charge in [-0.25, -0.2) is 4.39 Å². The van der Waals surface area contributed by atoms with E-state index in [0.29, 0.717) is 5.56 Å². The maximum absolute atomic E-state index is 13.1. The summed E-state index contributed by atoms with van der Waals surface area (Å²) in [7, 11) is 0. The fourth-order valence-corrected chi connectivity index (χ4v) is 2.33. The molecule has 4 heteroatoms. The number of likely N-dealkylation sites (tertiary alicyclic amines) is 1. The van der Waals surface area contributed by atoms with Gasteiger partial charge in [0, 0.05) is 23.5 Å². The number of benzene rings is 1. The minimum Gasteiger partial charge on any atom is -0.338 e. The molecule has 1 aliphatic rings. The van der Waals surface area contributed by atoms with Crippen molar-refractivity contribution in [3.8, 4) is 0 Å². The van der Waals surface area contributed by atoms with Gasteiger partial charge < -0.3 is 4.90 Å². The van der Waals surface area contributed by atoms with Crippen LogP contribution in [0.1, 0.15) is 30.6 Å². The van der Waals surface area contributed by atoms with Gasteiger partial charge in [0.2, 0.25) is 0 Å². The molecule has 0 bridgehead atoms. The molecule has 0 aromatic heterocycles. The minimum atomic E-state index is -0.397. The summed E-state index contributed by atoms with van der Waals surface area (Å²) < 4.78 is 13.1. The average molecular weight is 253 g/mol. The second-order valence-corrected chi connectivity index (χ2v) is 5.79. The largest absolute Gasteiger partial charge is 0.338 e. The number of carbonyl (C=O) groups is 1. The summed E-state index contributed by atoms with van der Waals surface area (Å²) in [6.07, 6.45) is 1.01. The van der Waals surface area contributed by atoms with Crippen molar-refractivity contribution in [2.75, 3.05) is 13.1 Å². The summed E-state index contributed by atoms with van der Waals surface area (Å²) >= 11 is 3.99. The van der Waals surface area contributed by atoms with Crippen LogP contribution in [0.5, 0.6) is 0 Å². The van der Waals surface area contributed by atoms with Crippen LogP contribution in [0.3, 0.4) is 0 Å². The Hall–Kier alpha value is -1.03. The Bertz CT molecular complexity index is 459. The first-order chi connectivity index (χ1) is 7.89. The molecule has 0 unspecified atom stereocenters. The zero-order valence-electron chi connectivity index (χ0n) is 10.0. The molecule has 2 nitrogen and oxygen atoms in total. The molecule has 1 saturated heterocycles. The molecule has 0 aliphatic carbocycles. The van der Waals surface area contributed by atoms with E-state index in [9.17, 15) is 9.18 Å². The van der Waals surface area contributed by atoms with Gasteiger partial charge in [-0.15, -0.1) is 12.6 Å². The highest BCUT2D eigenvalue weighted by molar-refractivity contribution is 7.80. The van der Waals surface area contributed by atoms with Crippen molar-refractivity contribution in [3.63, 3.8) is 0 Å². The van der Waals surface area contributed by atoms with Gasteiger partial charge in [0.05, 0.1) is 0 Å². The second-order valence-electron chi connectivity index (χ2n) is 5.31. The van der Waals surface area contributed by atoms with Gasteiger partial charge in [-0.05, 0) is 30.0 Å². The third kappa shape index (κ3) is 2.63. The van der Waals surface area contributed by atoms with Gasteiger partial charge >= 0.3 is 0 Å². The van der Waals surface area contributed by atoms with E-state index in [0.717, 1.165) is 19.5 Å². The van der Waals surface area contributed by atoms with Crippen molar-refractivity contribution in [1.82, 2.24) is 4.90 Å². The van der Waals surface area contributed by atoms with Crippen molar-refractivity contribution in [3.05, 3.63) is 29.6 Å². The monoisotopic (exact) mass is 253 g/mol. The van der Waals surface area contributed by atoms with Gasteiger partial charge in [0.1, 0.15) is 5.82 Å². The number of amides is 1. The molecule has 1 fully saturated rings. The van der Waals surface area contributed by atoms with Crippen molar-refractivity contribution >= 4 is 18.5 Å². The van der Waals surface area contributed by atoms with Crippen LogP contribution in [-0.4, -0.2) is 23.9 Å². The third-order valence-corrected chi connectivity index (χ3v) is 3.50. The minimum absolute atomic E-state index is 0.0362. The van der Waals surface area contributed by atoms with E-state index in [1.807, 2.05) is 4.90 Å². The van der Waals surface area contributed by atoms with Crippen LogP contribution in [0.25, 0.3) is 0 Å². The highest BCUT2D eigenvalue weighted by Gasteiger charge is 2.32. The standard InChI is InChI=1S/C13H16FNOS/c1-13(2)5-6-15(8-13)12(16)9-3-4-10(14)11(17)7-9/h3-4,7,17H,5-6,8H2,1-2H3. The van der Waals surface area contributed by atoms with Crippen LogP contribution < -0.4 is 0 Å². The summed E-state index contributed by atoms with van der Waals surface area (Å²) in [5.41, 5.74) is 0.688. The number of hydrogen-bond donors (Lipinski definition) is 1. The number of thiol groups is 1. The molecule has 0 atom stereocenters. The predicted molar refractivity (Wildman–Crippen MR) is 68.0 cm³/mol. The van der Waals surface area contributed by atoms with Crippen molar-refractivity contribution in [1.29, 1.82) is 0 Å². The Balaban J connectivity index is 2.18. The van der Waals surface area contributed by atoms with E-state index in [4.69, 9.17) is 0 Å². The molecule has 92 valence electrons. The van der Waals surface area contributed by atoms with E-state index in [2.05, 4.69) is 26.5 Å². The lowest BCUT2D eigenvalue weighted by molar-refractivity contribution is 0.0778. The molecule has 0 N–H and O–H groups in total. The molecule has 0 saturated carbocycles. The summed E-state index contributed by atoms with van der Waals surface area (Å²) in [4.78, 5) is 14.2. The van der Waals surface area contributed by atoms with Gasteiger partial charge in [-0.2, -0.15) is 0 Å². The first-order valence-corrected chi connectivity index (χ1v) is 6.12. The van der Waals surface area contributed by atoms with Crippen LogP contribution in [0, 0.1) is 11.2 Å². The van der Waals surface area contributed by atoms with Crippen molar-refractivity contribution in [2.45, 2.75) is 25.2 Å². The molecule has 0 spiro atoms. The number of hydrogen-bond acceptors (Lipinski definition) is 2. The molecule has 1 aromatic carbocycles. The third-order valence-electron chi connectivity index (χ3n) is 3.16. The quantitative estimate of drug-likeness (QED) is 0.763. The lowest BCUT2D eigenvalue weighted by Gasteiger charge is -2.20. The Labute approximate surface area is 106 Å². The molecule has 0 radical (unpaired) electrons. The van der Waals surface area contributed by atoms with Crippen molar-refractivity contribution < 1.29 is 9.18 Å². The molecule has 2 rings (SSSR count). The summed E-state index contributed by atoms with van der Waals surface area (Å²) in [5, 5.41) is 0. The first kappa shape index (κ1) is 12.4. The summed E-state index contributed by atoms with van der Waals surface area (Å²) in [6.45, 7) is 5.82. The number of nitrogens with zero attached hydrogens (tertiary/aromatic N) is 1. The molecular weight excluding hydrogens is 237 g/mol. The number of halogens is 1. The molecule has 1 aliphatic heterocycles. The van der Waals surface area contributed by atoms with Gasteiger partial charge in [0.25, 0.3) is 5.91 Å². The van der Waals surface area contributed by atoms with Crippen molar-refractivity contribution in [2.24, 2.45) is 5.41 Å².